The maximum absolute atomic E-state index is 12.6. The van der Waals surface area contributed by atoms with Gasteiger partial charge >= 0.3 is 18.4 Å². The van der Waals surface area contributed by atoms with Gasteiger partial charge in [-0.2, -0.15) is 26.3 Å². The van der Waals surface area contributed by atoms with Crippen LogP contribution in [0.2, 0.25) is 0 Å². The fraction of sp³-hybridized carbons (Fsp3) is 0.632. The first-order valence-corrected chi connectivity index (χ1v) is 9.26. The van der Waals surface area contributed by atoms with E-state index in [2.05, 4.69) is 15.7 Å². The van der Waals surface area contributed by atoms with Crippen LogP contribution in [0.5, 0.6) is 0 Å². The maximum Gasteiger partial charge on any atom is 0.434 e. The minimum Gasteiger partial charge on any atom is -0.426 e. The lowest BCUT2D eigenvalue weighted by atomic mass is 9.72. The molecule has 4 nitrogen and oxygen atoms in total. The lowest BCUT2D eigenvalue weighted by Gasteiger charge is -2.54. The Morgan fingerprint density at radius 2 is 1.62 bits per heavy atom. The van der Waals surface area contributed by atoms with Crippen LogP contribution in [0, 0.1) is 12.3 Å². The average molecular weight is 424 g/mol. The van der Waals surface area contributed by atoms with Crippen LogP contribution in [0.4, 0.5) is 31.1 Å². The van der Waals surface area contributed by atoms with Crippen molar-refractivity contribution in [2.75, 3.05) is 26.2 Å². The topological polar surface area (TPSA) is 32.8 Å². The van der Waals surface area contributed by atoms with Crippen molar-refractivity contribution in [3.63, 3.8) is 0 Å². The summed E-state index contributed by atoms with van der Waals surface area (Å²) in [6.45, 7) is 4.57. The molecule has 1 amide bonds. The van der Waals surface area contributed by atoms with E-state index in [9.17, 15) is 31.1 Å². The van der Waals surface area contributed by atoms with Crippen LogP contribution >= 0.6 is 0 Å². The molecule has 2 heterocycles. The molecule has 1 aromatic carbocycles. The second-order valence-corrected chi connectivity index (χ2v) is 7.91. The smallest absolute Gasteiger partial charge is 0.426 e. The Labute approximate surface area is 164 Å². The van der Waals surface area contributed by atoms with Crippen LogP contribution in [0.15, 0.2) is 24.3 Å². The van der Waals surface area contributed by atoms with Crippen molar-refractivity contribution in [3.05, 3.63) is 35.4 Å². The fourth-order valence-corrected chi connectivity index (χ4v) is 4.02. The highest BCUT2D eigenvalue weighted by atomic mass is 19.4. The Hall–Kier alpha value is -1.97. The number of nitrogens with zero attached hydrogens (tertiary/aromatic N) is 2. The van der Waals surface area contributed by atoms with Gasteiger partial charge in [0.2, 0.25) is 0 Å². The zero-order valence-electron chi connectivity index (χ0n) is 15.8. The highest BCUT2D eigenvalue weighted by molar-refractivity contribution is 5.68. The van der Waals surface area contributed by atoms with E-state index in [1.165, 1.54) is 11.1 Å². The summed E-state index contributed by atoms with van der Waals surface area (Å²) >= 11 is 0. The van der Waals surface area contributed by atoms with Crippen molar-refractivity contribution < 1.29 is 35.9 Å². The number of hydrogen-bond acceptors (Lipinski definition) is 3. The molecule has 0 atom stereocenters. The number of amides is 1. The second kappa shape index (κ2) is 7.70. The molecule has 1 spiro atoms. The van der Waals surface area contributed by atoms with Crippen LogP contribution in [-0.2, 0) is 11.3 Å². The van der Waals surface area contributed by atoms with Crippen LogP contribution < -0.4 is 0 Å². The zero-order chi connectivity index (χ0) is 21.4. The molecule has 0 saturated carbocycles. The number of carbonyl (C=O) groups excluding carboxylic acids is 1. The van der Waals surface area contributed by atoms with Crippen LogP contribution in [0.25, 0.3) is 0 Å². The van der Waals surface area contributed by atoms with Gasteiger partial charge in [0, 0.05) is 32.7 Å². The fourth-order valence-electron chi connectivity index (χ4n) is 4.02. The number of aryl methyl sites for hydroxylation is 1. The molecule has 0 N–H and O–H groups in total. The highest BCUT2D eigenvalue weighted by Gasteiger charge is 2.60. The molecule has 162 valence electrons. The number of rotatable bonds is 3. The van der Waals surface area contributed by atoms with E-state index in [0.29, 0.717) is 12.8 Å². The van der Waals surface area contributed by atoms with Gasteiger partial charge in [-0.15, -0.1) is 0 Å². The van der Waals surface area contributed by atoms with E-state index in [1.807, 2.05) is 25.1 Å². The molecule has 2 fully saturated rings. The molecule has 3 rings (SSSR count). The molecule has 0 bridgehead atoms. The first kappa shape index (κ1) is 21.7. The number of piperidine rings is 1. The van der Waals surface area contributed by atoms with E-state index in [0.717, 1.165) is 24.5 Å². The van der Waals surface area contributed by atoms with E-state index >= 15 is 0 Å². The number of alkyl halides is 6. The number of carbonyl (C=O) groups is 1. The molecular weight excluding hydrogens is 402 g/mol. The summed E-state index contributed by atoms with van der Waals surface area (Å²) < 4.78 is 79.1. The lowest BCUT2D eigenvalue weighted by molar-refractivity contribution is -0.308. The van der Waals surface area contributed by atoms with Gasteiger partial charge in [0.15, 0.2) is 0 Å². The molecule has 2 aliphatic rings. The number of likely N-dealkylation sites (tertiary alicyclic amines) is 2. The third-order valence-electron chi connectivity index (χ3n) is 5.67. The summed E-state index contributed by atoms with van der Waals surface area (Å²) in [7, 11) is 0. The molecule has 29 heavy (non-hydrogen) atoms. The largest absolute Gasteiger partial charge is 0.434 e. The summed E-state index contributed by atoms with van der Waals surface area (Å²) in [6, 6.07) is 8.02. The van der Waals surface area contributed by atoms with Gasteiger partial charge in [-0.3, -0.25) is 4.90 Å². The van der Waals surface area contributed by atoms with E-state index in [-0.39, 0.29) is 18.5 Å². The summed E-state index contributed by atoms with van der Waals surface area (Å²) in [4.78, 5) is 15.0. The van der Waals surface area contributed by atoms with Crippen molar-refractivity contribution in [2.45, 2.75) is 44.8 Å². The lowest BCUT2D eigenvalue weighted by Crippen LogP contribution is -2.60. The number of halogens is 6. The monoisotopic (exact) mass is 424 g/mol. The molecule has 0 aliphatic carbocycles. The van der Waals surface area contributed by atoms with Gasteiger partial charge in [0.25, 0.3) is 6.10 Å². The first-order valence-electron chi connectivity index (χ1n) is 9.26. The Bertz CT molecular complexity index is 719. The first-order chi connectivity index (χ1) is 13.4. The predicted molar refractivity (Wildman–Crippen MR) is 92.1 cm³/mol. The minimum atomic E-state index is -5.70. The molecule has 2 saturated heterocycles. The van der Waals surface area contributed by atoms with E-state index in [4.69, 9.17) is 0 Å². The molecule has 1 aromatic rings. The molecule has 2 aliphatic heterocycles. The number of benzene rings is 1. The minimum absolute atomic E-state index is 0.0487. The van der Waals surface area contributed by atoms with E-state index in [1.54, 1.807) is 0 Å². The molecule has 0 radical (unpaired) electrons. The summed E-state index contributed by atoms with van der Waals surface area (Å²) in [5, 5.41) is 0. The van der Waals surface area contributed by atoms with Crippen molar-refractivity contribution >= 4 is 6.09 Å². The quantitative estimate of drug-likeness (QED) is 0.669. The average Bonchev–Trinajstić information content (AvgIpc) is 2.58. The third-order valence-corrected chi connectivity index (χ3v) is 5.67. The van der Waals surface area contributed by atoms with Gasteiger partial charge in [-0.25, -0.2) is 4.79 Å². The van der Waals surface area contributed by atoms with Gasteiger partial charge < -0.3 is 9.64 Å². The Morgan fingerprint density at radius 3 is 2.14 bits per heavy atom. The van der Waals surface area contributed by atoms with Crippen LogP contribution in [0.3, 0.4) is 0 Å². The molecule has 0 unspecified atom stereocenters. The highest BCUT2D eigenvalue weighted by Crippen LogP contribution is 2.42. The number of ether oxygens (including phenoxy) is 1. The SMILES string of the molecule is Cc1ccccc1CN1CC2(CCN(C(=O)OC(C(F)(F)F)C(F)(F)F)CC2)C1. The maximum atomic E-state index is 12.6. The summed E-state index contributed by atoms with van der Waals surface area (Å²) in [6.07, 6.45) is -16.0. The second-order valence-electron chi connectivity index (χ2n) is 7.91. The molecular formula is C19H22F6N2O2. The third kappa shape index (κ3) is 4.96. The zero-order valence-corrected chi connectivity index (χ0v) is 15.8. The van der Waals surface area contributed by atoms with Crippen molar-refractivity contribution in [1.82, 2.24) is 9.80 Å². The van der Waals surface area contributed by atoms with Crippen LogP contribution in [0.1, 0.15) is 24.0 Å². The summed E-state index contributed by atoms with van der Waals surface area (Å²) in [5.74, 6) is 0. The van der Waals surface area contributed by atoms with Crippen LogP contribution in [-0.4, -0.2) is 60.5 Å². The van der Waals surface area contributed by atoms with E-state index < -0.39 is 24.5 Å². The van der Waals surface area contributed by atoms with Gasteiger partial charge in [-0.1, -0.05) is 24.3 Å². The Kier molecular flexibility index (Phi) is 5.77. The Morgan fingerprint density at radius 1 is 1.07 bits per heavy atom. The van der Waals surface area contributed by atoms with Gasteiger partial charge in [0.05, 0.1) is 0 Å². The Balaban J connectivity index is 1.50. The van der Waals surface area contributed by atoms with Gasteiger partial charge in [0.1, 0.15) is 0 Å². The van der Waals surface area contributed by atoms with Crippen molar-refractivity contribution in [3.8, 4) is 0 Å². The van der Waals surface area contributed by atoms with Crippen molar-refractivity contribution in [2.24, 2.45) is 5.41 Å². The van der Waals surface area contributed by atoms with Crippen molar-refractivity contribution in [1.29, 1.82) is 0 Å². The predicted octanol–water partition coefficient (Wildman–Crippen LogP) is 4.52. The molecule has 10 heteroatoms. The summed E-state index contributed by atoms with van der Waals surface area (Å²) in [5.41, 5.74) is 2.36. The normalized spacial score (nSPS) is 20.1. The number of hydrogen-bond donors (Lipinski definition) is 0. The standard InChI is InChI=1S/C19H22F6N2O2/c1-13-4-2-3-5-14(13)10-26-11-17(12-26)6-8-27(9-7-17)16(28)29-15(18(20,21)22)19(23,24)25/h2-5,15H,6-12H2,1H3. The van der Waals surface area contributed by atoms with Gasteiger partial charge in [-0.05, 0) is 36.3 Å². The molecule has 0 aromatic heterocycles.